The number of rotatable bonds is 4. The Morgan fingerprint density at radius 3 is 2.32 bits per heavy atom. The number of fused-ring (bicyclic) bond motifs is 1. The number of phenolic OH excluding ortho intramolecular Hbond substituents is 1. The summed E-state index contributed by atoms with van der Waals surface area (Å²) in [5.41, 5.74) is 0.869. The van der Waals surface area contributed by atoms with Gasteiger partial charge in [0, 0.05) is 29.8 Å². The Balaban J connectivity index is 2.15. The number of alkyl halides is 3. The number of halogens is 4. The third-order valence-electron chi connectivity index (χ3n) is 4.93. The van der Waals surface area contributed by atoms with Crippen LogP contribution in [-0.2, 0) is 4.79 Å². The molecule has 2 N–H and O–H groups in total. The molecule has 1 amide bonds. The van der Waals surface area contributed by atoms with E-state index in [1.54, 1.807) is 13.8 Å². The van der Waals surface area contributed by atoms with Gasteiger partial charge in [-0.3, -0.25) is 14.2 Å². The Kier molecular flexibility index (Phi) is 5.66. The van der Waals surface area contributed by atoms with Gasteiger partial charge in [-0.05, 0) is 49.7 Å². The summed E-state index contributed by atoms with van der Waals surface area (Å²) in [7, 11) is 1.44. The van der Waals surface area contributed by atoms with Crippen molar-refractivity contribution in [1.82, 2.24) is 9.88 Å². The van der Waals surface area contributed by atoms with E-state index in [2.05, 4.69) is 10.1 Å². The van der Waals surface area contributed by atoms with Crippen LogP contribution in [0.25, 0.3) is 10.9 Å². The second kappa shape index (κ2) is 7.93. The molecule has 0 spiro atoms. The topological polar surface area (TPSA) is 80.6 Å². The van der Waals surface area contributed by atoms with Crippen molar-refractivity contribution in [3.05, 3.63) is 59.0 Å². The van der Waals surface area contributed by atoms with Crippen LogP contribution in [-0.4, -0.2) is 34.9 Å². The lowest BCUT2D eigenvalue weighted by atomic mass is 9.97. The SMILES string of the molecule is CNC(=O)[C@@H](C)c1c(C)n(C(=O)c2ccc(OC(F)(F)F)cc2)c2cc(F)c(O)cc12. The van der Waals surface area contributed by atoms with Crippen LogP contribution in [0.3, 0.4) is 0 Å². The predicted molar refractivity (Wildman–Crippen MR) is 104 cm³/mol. The highest BCUT2D eigenvalue weighted by Gasteiger charge is 2.31. The number of ether oxygens (including phenoxy) is 1. The zero-order valence-corrected chi connectivity index (χ0v) is 16.7. The fourth-order valence-corrected chi connectivity index (χ4v) is 3.53. The Bertz CT molecular complexity index is 1170. The maximum atomic E-state index is 14.1. The van der Waals surface area contributed by atoms with Crippen molar-refractivity contribution in [2.45, 2.75) is 26.1 Å². The normalized spacial score (nSPS) is 12.6. The van der Waals surface area contributed by atoms with Crippen LogP contribution in [0, 0.1) is 12.7 Å². The van der Waals surface area contributed by atoms with Crippen molar-refractivity contribution in [1.29, 1.82) is 0 Å². The second-order valence-electron chi connectivity index (χ2n) is 6.87. The van der Waals surface area contributed by atoms with Crippen LogP contribution in [0.1, 0.15) is 34.5 Å². The van der Waals surface area contributed by atoms with Crippen molar-refractivity contribution < 1.29 is 37.0 Å². The predicted octanol–water partition coefficient (Wildman–Crippen LogP) is 4.23. The Morgan fingerprint density at radius 1 is 1.16 bits per heavy atom. The molecule has 0 unspecified atom stereocenters. The number of aromatic hydroxyl groups is 1. The molecule has 1 heterocycles. The third-order valence-corrected chi connectivity index (χ3v) is 4.93. The molecule has 0 saturated carbocycles. The van der Waals surface area contributed by atoms with Crippen LogP contribution in [0.2, 0.25) is 0 Å². The van der Waals surface area contributed by atoms with Crippen LogP contribution in [0.5, 0.6) is 11.5 Å². The lowest BCUT2D eigenvalue weighted by molar-refractivity contribution is -0.274. The summed E-state index contributed by atoms with van der Waals surface area (Å²) >= 11 is 0. The van der Waals surface area contributed by atoms with E-state index in [1.807, 2.05) is 0 Å². The van der Waals surface area contributed by atoms with Gasteiger partial charge < -0.3 is 15.2 Å². The molecule has 1 atom stereocenters. The van der Waals surface area contributed by atoms with Crippen molar-refractivity contribution in [2.75, 3.05) is 7.05 Å². The fourth-order valence-electron chi connectivity index (χ4n) is 3.53. The van der Waals surface area contributed by atoms with Crippen molar-refractivity contribution >= 4 is 22.7 Å². The molecule has 0 aliphatic carbocycles. The number of benzene rings is 2. The van der Waals surface area contributed by atoms with Gasteiger partial charge in [0.1, 0.15) is 5.75 Å². The monoisotopic (exact) mass is 438 g/mol. The van der Waals surface area contributed by atoms with E-state index in [0.29, 0.717) is 16.6 Å². The summed E-state index contributed by atoms with van der Waals surface area (Å²) in [6.07, 6.45) is -4.87. The highest BCUT2D eigenvalue weighted by atomic mass is 19.4. The molecule has 10 heteroatoms. The molecule has 0 aliphatic rings. The minimum absolute atomic E-state index is 0.0159. The van der Waals surface area contributed by atoms with E-state index >= 15 is 0 Å². The number of hydrogen-bond acceptors (Lipinski definition) is 4. The summed E-state index contributed by atoms with van der Waals surface area (Å²) in [5.74, 6) is -3.84. The van der Waals surface area contributed by atoms with Gasteiger partial charge in [0.15, 0.2) is 11.6 Å². The minimum Gasteiger partial charge on any atom is -0.505 e. The molecular weight excluding hydrogens is 420 g/mol. The Labute approximate surface area is 174 Å². The summed E-state index contributed by atoms with van der Waals surface area (Å²) in [6, 6.07) is 6.37. The molecule has 164 valence electrons. The molecule has 1 aromatic heterocycles. The van der Waals surface area contributed by atoms with Crippen molar-refractivity contribution in [3.63, 3.8) is 0 Å². The van der Waals surface area contributed by atoms with Crippen molar-refractivity contribution in [3.8, 4) is 11.5 Å². The van der Waals surface area contributed by atoms with Gasteiger partial charge in [-0.2, -0.15) is 0 Å². The number of phenols is 1. The molecule has 0 bridgehead atoms. The average Bonchev–Trinajstić information content (AvgIpc) is 2.96. The quantitative estimate of drug-likeness (QED) is 0.598. The maximum absolute atomic E-state index is 14.1. The molecule has 0 aliphatic heterocycles. The number of carbonyl (C=O) groups is 2. The summed E-state index contributed by atoms with van der Waals surface area (Å²) in [4.78, 5) is 25.4. The highest BCUT2D eigenvalue weighted by Crippen LogP contribution is 2.36. The van der Waals surface area contributed by atoms with Crippen LogP contribution >= 0.6 is 0 Å². The van der Waals surface area contributed by atoms with E-state index < -0.39 is 35.5 Å². The van der Waals surface area contributed by atoms with Gasteiger partial charge in [0.2, 0.25) is 5.91 Å². The number of aromatic nitrogens is 1. The number of amides is 1. The number of hydrogen-bond donors (Lipinski definition) is 2. The third kappa shape index (κ3) is 4.18. The van der Waals surface area contributed by atoms with Gasteiger partial charge >= 0.3 is 6.36 Å². The van der Waals surface area contributed by atoms with Crippen LogP contribution < -0.4 is 10.1 Å². The van der Waals surface area contributed by atoms with Crippen molar-refractivity contribution in [2.24, 2.45) is 0 Å². The molecule has 2 aromatic carbocycles. The molecular formula is C21H18F4N2O4. The van der Waals surface area contributed by atoms with Gasteiger partial charge in [0.25, 0.3) is 5.91 Å². The maximum Gasteiger partial charge on any atom is 0.573 e. The number of nitrogens with zero attached hydrogens (tertiary/aromatic N) is 1. The largest absolute Gasteiger partial charge is 0.573 e. The smallest absolute Gasteiger partial charge is 0.505 e. The lowest BCUT2D eigenvalue weighted by Gasteiger charge is -2.12. The zero-order valence-electron chi connectivity index (χ0n) is 16.7. The van der Waals surface area contributed by atoms with E-state index in [4.69, 9.17) is 0 Å². The van der Waals surface area contributed by atoms with Gasteiger partial charge in [0.05, 0.1) is 11.4 Å². The molecule has 6 nitrogen and oxygen atoms in total. The standard InChI is InChI=1S/C21H18F4N2O4/c1-10(19(29)26-3)18-11(2)27(16-9-15(22)17(28)8-14(16)18)20(30)12-4-6-13(7-5-12)31-21(23,24)25/h4-10,28H,1-3H3,(H,26,29)/t10-/m0/s1. The van der Waals surface area contributed by atoms with E-state index in [1.165, 1.54) is 7.05 Å². The molecule has 31 heavy (non-hydrogen) atoms. The Morgan fingerprint density at radius 2 is 1.77 bits per heavy atom. The highest BCUT2D eigenvalue weighted by molar-refractivity contribution is 6.05. The minimum atomic E-state index is -4.87. The second-order valence-corrected chi connectivity index (χ2v) is 6.87. The molecule has 3 aromatic rings. The average molecular weight is 438 g/mol. The van der Waals surface area contributed by atoms with Gasteiger partial charge in [-0.25, -0.2) is 4.39 Å². The molecule has 0 radical (unpaired) electrons. The van der Waals surface area contributed by atoms with E-state index in [-0.39, 0.29) is 17.0 Å². The van der Waals surface area contributed by atoms with E-state index in [9.17, 15) is 32.3 Å². The molecule has 0 fully saturated rings. The zero-order chi connectivity index (χ0) is 23.1. The first-order valence-electron chi connectivity index (χ1n) is 9.10. The summed E-state index contributed by atoms with van der Waals surface area (Å²) in [6.45, 7) is 3.15. The lowest BCUT2D eigenvalue weighted by Crippen LogP contribution is -2.24. The summed E-state index contributed by atoms with van der Waals surface area (Å²) in [5, 5.41) is 12.6. The summed E-state index contributed by atoms with van der Waals surface area (Å²) < 4.78 is 56.1. The molecule has 0 saturated heterocycles. The number of likely N-dealkylation sites (N-methyl/N-ethyl adjacent to an activating group) is 1. The first-order valence-corrected chi connectivity index (χ1v) is 9.10. The van der Waals surface area contributed by atoms with Crippen LogP contribution in [0.4, 0.5) is 17.6 Å². The number of carbonyl (C=O) groups excluding carboxylic acids is 2. The fraction of sp³-hybridized carbons (Fsp3) is 0.238. The van der Waals surface area contributed by atoms with Crippen LogP contribution in [0.15, 0.2) is 36.4 Å². The Hall–Kier alpha value is -3.56. The van der Waals surface area contributed by atoms with E-state index in [0.717, 1.165) is 41.0 Å². The van der Waals surface area contributed by atoms with Gasteiger partial charge in [-0.15, -0.1) is 13.2 Å². The molecule has 3 rings (SSSR count). The first kappa shape index (κ1) is 22.1. The van der Waals surface area contributed by atoms with Gasteiger partial charge in [-0.1, -0.05) is 0 Å². The number of nitrogens with one attached hydrogen (secondary N) is 1. The first-order chi connectivity index (χ1) is 14.4.